The molecule has 1 fully saturated rings. The van der Waals surface area contributed by atoms with E-state index in [1.807, 2.05) is 0 Å². The molecule has 1 saturated heterocycles. The average Bonchev–Trinajstić information content (AvgIpc) is 3.20. The van der Waals surface area contributed by atoms with E-state index < -0.39 is 74.2 Å². The Morgan fingerprint density at radius 3 is 1.50 bits per heavy atom. The molecule has 1 aliphatic rings. The number of carbonyl (C=O) groups is 1. The lowest BCUT2D eigenvalue weighted by atomic mass is 9.98. The lowest BCUT2D eigenvalue weighted by Crippen LogP contribution is -2.60. The highest BCUT2D eigenvalue weighted by Gasteiger charge is 2.44. The zero-order valence-electron chi connectivity index (χ0n) is 35.6. The van der Waals surface area contributed by atoms with Crippen LogP contribution >= 0.6 is 0 Å². The van der Waals surface area contributed by atoms with Crippen LogP contribution in [0.1, 0.15) is 200 Å². The normalized spacial score (nSPS) is 22.3. The summed E-state index contributed by atoms with van der Waals surface area (Å²) in [6.45, 7) is 3.43. The fourth-order valence-corrected chi connectivity index (χ4v) is 7.43. The van der Waals surface area contributed by atoms with Crippen LogP contribution in [0.3, 0.4) is 0 Å². The summed E-state index contributed by atoms with van der Waals surface area (Å²) in [4.78, 5) is 13.1. The number of nitrogens with one attached hydrogen (secondary N) is 1. The van der Waals surface area contributed by atoms with Crippen LogP contribution in [-0.2, 0) is 14.3 Å². The third-order valence-electron chi connectivity index (χ3n) is 11.3. The molecule has 0 aliphatic carbocycles. The van der Waals surface area contributed by atoms with E-state index in [-0.39, 0.29) is 6.42 Å². The maximum absolute atomic E-state index is 13.1. The van der Waals surface area contributed by atoms with Gasteiger partial charge in [0.1, 0.15) is 36.6 Å². The number of aliphatic hydroxyl groups is 7. The second kappa shape index (κ2) is 35.8. The Hall–Kier alpha value is -1.15. The van der Waals surface area contributed by atoms with E-state index >= 15 is 0 Å². The van der Waals surface area contributed by atoms with E-state index in [1.54, 1.807) is 0 Å². The maximum atomic E-state index is 13.1. The van der Waals surface area contributed by atoms with Gasteiger partial charge in [0.05, 0.1) is 25.4 Å². The van der Waals surface area contributed by atoms with Gasteiger partial charge >= 0.3 is 0 Å². The van der Waals surface area contributed by atoms with Gasteiger partial charge in [0.25, 0.3) is 0 Å². The lowest BCUT2D eigenvalue weighted by Gasteiger charge is -2.40. The summed E-state index contributed by atoms with van der Waals surface area (Å²) in [6, 6.07) is -1.17. The van der Waals surface area contributed by atoms with Crippen LogP contribution in [0.15, 0.2) is 12.2 Å². The van der Waals surface area contributed by atoms with Crippen molar-refractivity contribution in [3.8, 4) is 0 Å². The highest BCUT2D eigenvalue weighted by atomic mass is 16.7. The second-order valence-corrected chi connectivity index (χ2v) is 16.5. The summed E-state index contributed by atoms with van der Waals surface area (Å²) in [5.74, 6) is -0.705. The number of amides is 1. The second-order valence-electron chi connectivity index (χ2n) is 16.5. The summed E-state index contributed by atoms with van der Waals surface area (Å²) in [6.07, 6.45) is 25.4. The molecule has 56 heavy (non-hydrogen) atoms. The molecule has 0 bridgehead atoms. The molecule has 0 aromatic carbocycles. The summed E-state index contributed by atoms with van der Waals surface area (Å²) in [7, 11) is 0. The van der Waals surface area contributed by atoms with Gasteiger partial charge in [-0.05, 0) is 38.5 Å². The van der Waals surface area contributed by atoms with Gasteiger partial charge in [0.15, 0.2) is 6.29 Å². The number of aliphatic hydroxyl groups excluding tert-OH is 7. The van der Waals surface area contributed by atoms with Crippen molar-refractivity contribution < 1.29 is 50.0 Å². The first-order valence-corrected chi connectivity index (χ1v) is 23.1. The standard InChI is InChI=1S/C45H87NO10/c1-3-5-7-9-11-13-15-17-19-21-23-25-27-29-31-33-38(49)44(54)46-36(35-55-45-43(53)42(52)41(51)39(34-47)56-45)40(50)37(48)32-30-28-26-24-22-20-18-16-14-12-10-8-6-4-2/h19,21,36-43,45,47-53H,3-18,20,22-35H2,1-2H3,(H,46,54)/b21-19-. The Bertz CT molecular complexity index is 923. The van der Waals surface area contributed by atoms with Gasteiger partial charge < -0.3 is 50.5 Å². The molecule has 1 rings (SSSR count). The highest BCUT2D eigenvalue weighted by Crippen LogP contribution is 2.23. The van der Waals surface area contributed by atoms with Crippen LogP contribution in [0.25, 0.3) is 0 Å². The Labute approximate surface area is 341 Å². The number of hydrogen-bond donors (Lipinski definition) is 8. The number of ether oxygens (including phenoxy) is 2. The van der Waals surface area contributed by atoms with E-state index in [0.717, 1.165) is 51.4 Å². The van der Waals surface area contributed by atoms with E-state index in [1.165, 1.54) is 109 Å². The number of allylic oxidation sites excluding steroid dienone is 2. The SMILES string of the molecule is CCCCCCCCC/C=C\CCCCCCC(O)C(=O)NC(COC1OC(CO)C(O)C(O)C1O)C(O)C(O)CCCCCCCCCCCCCCCC. The van der Waals surface area contributed by atoms with Gasteiger partial charge in [-0.15, -0.1) is 0 Å². The molecule has 11 nitrogen and oxygen atoms in total. The van der Waals surface area contributed by atoms with Gasteiger partial charge in [0, 0.05) is 0 Å². The molecule has 0 aromatic rings. The molecule has 9 atom stereocenters. The van der Waals surface area contributed by atoms with E-state index in [0.29, 0.717) is 19.3 Å². The number of unbranched alkanes of at least 4 members (excludes halogenated alkanes) is 24. The molecule has 8 N–H and O–H groups in total. The van der Waals surface area contributed by atoms with Crippen LogP contribution in [0.4, 0.5) is 0 Å². The fraction of sp³-hybridized carbons (Fsp3) is 0.933. The van der Waals surface area contributed by atoms with Crippen molar-refractivity contribution in [3.63, 3.8) is 0 Å². The van der Waals surface area contributed by atoms with Gasteiger partial charge in [-0.25, -0.2) is 0 Å². The topological polar surface area (TPSA) is 189 Å². The van der Waals surface area contributed by atoms with Crippen molar-refractivity contribution in [2.24, 2.45) is 0 Å². The summed E-state index contributed by atoms with van der Waals surface area (Å²) in [5, 5.41) is 75.6. The largest absolute Gasteiger partial charge is 0.394 e. The molecule has 0 spiro atoms. The van der Waals surface area contributed by atoms with Gasteiger partial charge in [-0.1, -0.05) is 174 Å². The molecular weight excluding hydrogens is 714 g/mol. The first-order valence-electron chi connectivity index (χ1n) is 23.1. The summed E-state index contributed by atoms with van der Waals surface area (Å²) in [5.41, 5.74) is 0. The molecule has 0 radical (unpaired) electrons. The average molecular weight is 802 g/mol. The van der Waals surface area contributed by atoms with Crippen LogP contribution in [0.2, 0.25) is 0 Å². The maximum Gasteiger partial charge on any atom is 0.249 e. The van der Waals surface area contributed by atoms with Crippen LogP contribution in [-0.4, -0.2) is 110 Å². The van der Waals surface area contributed by atoms with Gasteiger partial charge in [0.2, 0.25) is 5.91 Å². The summed E-state index contributed by atoms with van der Waals surface area (Å²) >= 11 is 0. The van der Waals surface area contributed by atoms with E-state index in [9.17, 15) is 40.5 Å². The molecule has 1 aliphatic heterocycles. The van der Waals surface area contributed by atoms with Crippen LogP contribution < -0.4 is 5.32 Å². The van der Waals surface area contributed by atoms with Gasteiger partial charge in [-0.2, -0.15) is 0 Å². The van der Waals surface area contributed by atoms with Crippen molar-refractivity contribution in [1.82, 2.24) is 5.32 Å². The first-order chi connectivity index (χ1) is 27.2. The fourth-order valence-electron chi connectivity index (χ4n) is 7.43. The smallest absolute Gasteiger partial charge is 0.249 e. The van der Waals surface area contributed by atoms with Crippen molar-refractivity contribution in [2.45, 2.75) is 255 Å². The zero-order valence-corrected chi connectivity index (χ0v) is 35.6. The minimum atomic E-state index is -1.66. The number of rotatable bonds is 38. The Morgan fingerprint density at radius 1 is 0.607 bits per heavy atom. The highest BCUT2D eigenvalue weighted by molar-refractivity contribution is 5.80. The lowest BCUT2D eigenvalue weighted by molar-refractivity contribution is -0.303. The zero-order chi connectivity index (χ0) is 41.2. The monoisotopic (exact) mass is 802 g/mol. The molecule has 11 heteroatoms. The molecule has 9 unspecified atom stereocenters. The molecule has 1 heterocycles. The minimum absolute atomic E-state index is 0.248. The minimum Gasteiger partial charge on any atom is -0.394 e. The third kappa shape index (κ3) is 25.4. The van der Waals surface area contributed by atoms with Crippen LogP contribution in [0.5, 0.6) is 0 Å². The third-order valence-corrected chi connectivity index (χ3v) is 11.3. The van der Waals surface area contributed by atoms with E-state index in [4.69, 9.17) is 9.47 Å². The number of hydrogen-bond acceptors (Lipinski definition) is 10. The predicted octanol–water partition coefficient (Wildman–Crippen LogP) is 7.28. The quantitative estimate of drug-likeness (QED) is 0.0233. The van der Waals surface area contributed by atoms with E-state index in [2.05, 4.69) is 31.3 Å². The van der Waals surface area contributed by atoms with Crippen LogP contribution in [0, 0.1) is 0 Å². The molecular formula is C45H87NO10. The van der Waals surface area contributed by atoms with Gasteiger partial charge in [-0.3, -0.25) is 4.79 Å². The number of carbonyl (C=O) groups excluding carboxylic acids is 1. The molecule has 332 valence electrons. The molecule has 1 amide bonds. The summed E-state index contributed by atoms with van der Waals surface area (Å²) < 4.78 is 11.1. The van der Waals surface area contributed by atoms with Crippen molar-refractivity contribution in [3.05, 3.63) is 12.2 Å². The molecule has 0 aromatic heterocycles. The predicted molar refractivity (Wildman–Crippen MR) is 224 cm³/mol. The van der Waals surface area contributed by atoms with Crippen molar-refractivity contribution in [2.75, 3.05) is 13.2 Å². The van der Waals surface area contributed by atoms with Crippen molar-refractivity contribution >= 4 is 5.91 Å². The first kappa shape index (κ1) is 52.9. The Morgan fingerprint density at radius 2 is 1.04 bits per heavy atom. The molecule has 0 saturated carbocycles. The Kier molecular flexibility index (Phi) is 33.8. The van der Waals surface area contributed by atoms with Crippen molar-refractivity contribution in [1.29, 1.82) is 0 Å². The Balaban J connectivity index is 2.47.